The molecule has 0 heterocycles. The van der Waals surface area contributed by atoms with Gasteiger partial charge in [0.1, 0.15) is 0 Å². The number of fused-ring (bicyclic) bond motifs is 3. The van der Waals surface area contributed by atoms with Crippen LogP contribution in [0.15, 0.2) is 60.7 Å². The van der Waals surface area contributed by atoms with Gasteiger partial charge < -0.3 is 0 Å². The van der Waals surface area contributed by atoms with Crippen LogP contribution in [0, 0.1) is 34.5 Å². The van der Waals surface area contributed by atoms with E-state index >= 15 is 0 Å². The van der Waals surface area contributed by atoms with Crippen LogP contribution in [0.3, 0.4) is 0 Å². The largest absolute Gasteiger partial charge is 0.198 e. The average Bonchev–Trinajstić information content (AvgIpc) is 2.64. The van der Waals surface area contributed by atoms with E-state index in [1.54, 1.807) is 0 Å². The van der Waals surface area contributed by atoms with Crippen LogP contribution < -0.4 is 0 Å². The summed E-state index contributed by atoms with van der Waals surface area (Å²) in [6.45, 7) is 0. The third-order valence-electron chi connectivity index (χ3n) is 5.61. The quantitative estimate of drug-likeness (QED) is 0.432. The topological polar surface area (TPSA) is 47.6 Å². The fourth-order valence-electron chi connectivity index (χ4n) is 4.45. The predicted octanol–water partition coefficient (Wildman–Crippen LogP) is 5.02. The highest BCUT2D eigenvalue weighted by atomic mass is 14.5. The van der Waals surface area contributed by atoms with Crippen molar-refractivity contribution >= 4 is 21.5 Å². The van der Waals surface area contributed by atoms with Crippen molar-refractivity contribution < 1.29 is 0 Å². The van der Waals surface area contributed by atoms with E-state index in [9.17, 15) is 10.5 Å². The van der Waals surface area contributed by atoms with E-state index < -0.39 is 0 Å². The molecule has 24 heavy (non-hydrogen) atoms. The number of nitrogens with zero attached hydrogens (tertiary/aromatic N) is 2. The molecule has 3 aliphatic carbocycles. The molecule has 0 radical (unpaired) electrons. The summed E-state index contributed by atoms with van der Waals surface area (Å²) in [6, 6.07) is 22.0. The van der Waals surface area contributed by atoms with E-state index in [1.165, 1.54) is 32.7 Å². The predicted molar refractivity (Wildman–Crippen MR) is 94.3 cm³/mol. The van der Waals surface area contributed by atoms with Gasteiger partial charge in [0.15, 0.2) is 0 Å². The molecule has 0 aliphatic heterocycles. The van der Waals surface area contributed by atoms with Crippen molar-refractivity contribution in [2.45, 2.75) is 11.8 Å². The van der Waals surface area contributed by atoms with Crippen molar-refractivity contribution in [1.29, 1.82) is 10.5 Å². The minimum Gasteiger partial charge on any atom is -0.198 e. The molecule has 2 nitrogen and oxygen atoms in total. The van der Waals surface area contributed by atoms with E-state index in [0.717, 1.165) is 0 Å². The van der Waals surface area contributed by atoms with Gasteiger partial charge in [-0.2, -0.15) is 10.5 Å². The first-order valence-corrected chi connectivity index (χ1v) is 8.24. The Labute approximate surface area is 140 Å². The SMILES string of the molecule is N#CC1C2C=CC(c3cc4cc5ccccc5cc4cc32)C1C#N. The molecule has 112 valence electrons. The highest BCUT2D eigenvalue weighted by molar-refractivity contribution is 5.99. The number of benzene rings is 3. The van der Waals surface area contributed by atoms with Gasteiger partial charge in [-0.1, -0.05) is 48.6 Å². The third kappa shape index (κ3) is 1.63. The van der Waals surface area contributed by atoms with E-state index in [4.69, 9.17) is 0 Å². The summed E-state index contributed by atoms with van der Waals surface area (Å²) >= 11 is 0. The van der Waals surface area contributed by atoms with Gasteiger partial charge in [-0.15, -0.1) is 0 Å². The van der Waals surface area contributed by atoms with Gasteiger partial charge in [-0.05, 0) is 44.8 Å². The Morgan fingerprint density at radius 3 is 1.50 bits per heavy atom. The Bertz CT molecular complexity index is 1020. The molecular formula is C22H14N2. The molecule has 0 saturated heterocycles. The summed E-state index contributed by atoms with van der Waals surface area (Å²) in [4.78, 5) is 0. The lowest BCUT2D eigenvalue weighted by atomic mass is 9.60. The minimum absolute atomic E-state index is 0.0375. The van der Waals surface area contributed by atoms with Crippen LogP contribution in [-0.2, 0) is 0 Å². The molecule has 3 aromatic carbocycles. The standard InChI is InChI=1S/C22H14N2/c23-11-21-17-5-6-18(22(21)12-24)20-10-16-8-14-4-2-1-3-13(14)7-15(16)9-19(17)20/h1-10,17-18,21-22H. The lowest BCUT2D eigenvalue weighted by Gasteiger charge is -2.40. The van der Waals surface area contributed by atoms with Gasteiger partial charge in [0.25, 0.3) is 0 Å². The number of hydrogen-bond acceptors (Lipinski definition) is 2. The molecule has 2 bridgehead atoms. The van der Waals surface area contributed by atoms with Crippen molar-refractivity contribution in [2.75, 3.05) is 0 Å². The summed E-state index contributed by atoms with van der Waals surface area (Å²) < 4.78 is 0. The van der Waals surface area contributed by atoms with Gasteiger partial charge >= 0.3 is 0 Å². The Hall–Kier alpha value is -3.10. The maximum Gasteiger partial charge on any atom is 0.0733 e. The third-order valence-corrected chi connectivity index (χ3v) is 5.61. The summed E-state index contributed by atoms with van der Waals surface area (Å²) in [7, 11) is 0. The molecule has 0 fully saturated rings. The zero-order valence-corrected chi connectivity index (χ0v) is 13.0. The second kappa shape index (κ2) is 4.70. The fraction of sp³-hybridized carbons (Fsp3) is 0.182. The Balaban J connectivity index is 1.81. The first-order valence-electron chi connectivity index (χ1n) is 8.24. The summed E-state index contributed by atoms with van der Waals surface area (Å²) in [5, 5.41) is 24.0. The van der Waals surface area contributed by atoms with Gasteiger partial charge in [0.2, 0.25) is 0 Å². The van der Waals surface area contributed by atoms with Gasteiger partial charge in [-0.25, -0.2) is 0 Å². The molecule has 3 aromatic rings. The van der Waals surface area contributed by atoms with Gasteiger partial charge in [0.05, 0.1) is 24.0 Å². The minimum atomic E-state index is -0.240. The Kier molecular flexibility index (Phi) is 2.61. The molecule has 0 spiro atoms. The molecule has 0 N–H and O–H groups in total. The maximum atomic E-state index is 9.56. The molecule has 0 aromatic heterocycles. The van der Waals surface area contributed by atoms with Crippen molar-refractivity contribution in [1.82, 2.24) is 0 Å². The molecule has 3 aliphatic rings. The molecule has 4 unspecified atom stereocenters. The highest BCUT2D eigenvalue weighted by Crippen LogP contribution is 2.52. The van der Waals surface area contributed by atoms with E-state index in [-0.39, 0.29) is 23.7 Å². The highest BCUT2D eigenvalue weighted by Gasteiger charge is 2.44. The lowest BCUT2D eigenvalue weighted by Crippen LogP contribution is -2.33. The molecule has 0 amide bonds. The summed E-state index contributed by atoms with van der Waals surface area (Å²) in [6.07, 6.45) is 4.25. The summed E-state index contributed by atoms with van der Waals surface area (Å²) in [5.74, 6) is -0.406. The number of rotatable bonds is 0. The molecular weight excluding hydrogens is 292 g/mol. The van der Waals surface area contributed by atoms with E-state index in [1.807, 2.05) is 0 Å². The fourth-order valence-corrected chi connectivity index (χ4v) is 4.45. The van der Waals surface area contributed by atoms with E-state index in [0.29, 0.717) is 0 Å². The smallest absolute Gasteiger partial charge is 0.0733 e. The summed E-state index contributed by atoms with van der Waals surface area (Å²) in [5.41, 5.74) is 2.45. The van der Waals surface area contributed by atoms with Crippen LogP contribution in [0.2, 0.25) is 0 Å². The second-order valence-corrected chi connectivity index (χ2v) is 6.77. The lowest BCUT2D eigenvalue weighted by molar-refractivity contribution is 0.371. The molecule has 4 atom stereocenters. The van der Waals surface area contributed by atoms with E-state index in [2.05, 4.69) is 72.8 Å². The molecule has 6 rings (SSSR count). The van der Waals surface area contributed by atoms with Gasteiger partial charge in [-0.3, -0.25) is 0 Å². The van der Waals surface area contributed by atoms with Crippen molar-refractivity contribution in [3.63, 3.8) is 0 Å². The zero-order chi connectivity index (χ0) is 16.3. The normalized spacial score (nSPS) is 26.9. The first kappa shape index (κ1) is 13.3. The molecule has 2 heteroatoms. The number of hydrogen-bond donors (Lipinski definition) is 0. The zero-order valence-electron chi connectivity index (χ0n) is 13.0. The Morgan fingerprint density at radius 2 is 1.08 bits per heavy atom. The van der Waals surface area contributed by atoms with Crippen LogP contribution in [0.4, 0.5) is 0 Å². The monoisotopic (exact) mass is 306 g/mol. The van der Waals surface area contributed by atoms with Crippen LogP contribution in [0.5, 0.6) is 0 Å². The number of nitriles is 2. The van der Waals surface area contributed by atoms with Crippen molar-refractivity contribution in [3.05, 3.63) is 71.8 Å². The maximum absolute atomic E-state index is 9.56. The van der Waals surface area contributed by atoms with Crippen molar-refractivity contribution in [3.8, 4) is 12.1 Å². The average molecular weight is 306 g/mol. The van der Waals surface area contributed by atoms with Crippen LogP contribution in [-0.4, -0.2) is 0 Å². The molecule has 0 saturated carbocycles. The van der Waals surface area contributed by atoms with Crippen LogP contribution in [0.1, 0.15) is 23.0 Å². The van der Waals surface area contributed by atoms with Gasteiger partial charge in [0, 0.05) is 11.8 Å². The first-order chi connectivity index (χ1) is 11.8. The second-order valence-electron chi connectivity index (χ2n) is 6.77. The van der Waals surface area contributed by atoms with Crippen molar-refractivity contribution in [2.24, 2.45) is 11.8 Å². The Morgan fingerprint density at radius 1 is 0.625 bits per heavy atom. The van der Waals surface area contributed by atoms with Crippen LogP contribution >= 0.6 is 0 Å². The van der Waals surface area contributed by atoms with Crippen LogP contribution in [0.25, 0.3) is 21.5 Å². The number of allylic oxidation sites excluding steroid dienone is 2.